The molecule has 3 rings (SSSR count). The van der Waals surface area contributed by atoms with Gasteiger partial charge in [-0.15, -0.1) is 0 Å². The number of thioether (sulfide) groups is 1. The molecular weight excluding hydrogens is 346 g/mol. The van der Waals surface area contributed by atoms with E-state index >= 15 is 0 Å². The van der Waals surface area contributed by atoms with Gasteiger partial charge in [-0.2, -0.15) is 0 Å². The summed E-state index contributed by atoms with van der Waals surface area (Å²) in [5, 5.41) is 3.22. The first kappa shape index (κ1) is 18.7. The Morgan fingerprint density at radius 2 is 2.12 bits per heavy atom. The Labute approximate surface area is 158 Å². The van der Waals surface area contributed by atoms with Crippen molar-refractivity contribution in [2.45, 2.75) is 63.3 Å². The maximum Gasteiger partial charge on any atom is 0.254 e. The minimum absolute atomic E-state index is 0.0584. The molecule has 26 heavy (non-hydrogen) atoms. The van der Waals surface area contributed by atoms with Crippen LogP contribution in [0.3, 0.4) is 0 Å². The Bertz CT molecular complexity index is 876. The Hall–Kier alpha value is -2.08. The number of benzene rings is 1. The number of H-pyrrole nitrogens is 1. The van der Waals surface area contributed by atoms with Crippen LogP contribution < -0.4 is 10.9 Å². The number of hydrogen-bond donors (Lipinski definition) is 2. The zero-order chi connectivity index (χ0) is 18.7. The summed E-state index contributed by atoms with van der Waals surface area (Å²) in [6, 6.07) is 6.03. The van der Waals surface area contributed by atoms with Crippen molar-refractivity contribution in [1.82, 2.24) is 9.97 Å². The summed E-state index contributed by atoms with van der Waals surface area (Å²) in [5.74, 6) is -0.0839. The van der Waals surface area contributed by atoms with E-state index in [4.69, 9.17) is 0 Å². The SMILES string of the molecule is CCc1cccc(C)c1NC(=O)[C@H](C)Sc1nc2c(c(=O)[nH]1)CCCC2. The number of hydrogen-bond acceptors (Lipinski definition) is 4. The topological polar surface area (TPSA) is 74.8 Å². The molecule has 0 bridgehead atoms. The molecule has 0 radical (unpaired) electrons. The van der Waals surface area contributed by atoms with Crippen molar-refractivity contribution in [3.05, 3.63) is 50.9 Å². The predicted octanol–water partition coefficient (Wildman–Crippen LogP) is 3.64. The molecule has 5 nitrogen and oxygen atoms in total. The maximum absolute atomic E-state index is 12.7. The second kappa shape index (κ2) is 8.08. The van der Waals surface area contributed by atoms with E-state index in [9.17, 15) is 9.59 Å². The van der Waals surface area contributed by atoms with Crippen molar-refractivity contribution in [1.29, 1.82) is 0 Å². The monoisotopic (exact) mass is 371 g/mol. The molecule has 0 saturated heterocycles. The third-order valence-corrected chi connectivity index (χ3v) is 5.80. The lowest BCUT2D eigenvalue weighted by atomic mass is 9.97. The van der Waals surface area contributed by atoms with Gasteiger partial charge < -0.3 is 10.3 Å². The molecule has 6 heteroatoms. The van der Waals surface area contributed by atoms with Crippen LogP contribution in [0.1, 0.15) is 49.1 Å². The third-order valence-electron chi connectivity index (χ3n) is 4.82. The Morgan fingerprint density at radius 1 is 1.35 bits per heavy atom. The van der Waals surface area contributed by atoms with E-state index in [-0.39, 0.29) is 16.7 Å². The van der Waals surface area contributed by atoms with Crippen LogP contribution in [0.2, 0.25) is 0 Å². The number of fused-ring (bicyclic) bond motifs is 1. The molecule has 1 aromatic heterocycles. The zero-order valence-corrected chi connectivity index (χ0v) is 16.3. The highest BCUT2D eigenvalue weighted by molar-refractivity contribution is 8.00. The molecular formula is C20H25N3O2S. The standard InChI is InChI=1S/C20H25N3O2S/c1-4-14-9-7-8-12(2)17(14)22-18(24)13(3)26-20-21-16-11-6-5-10-15(16)19(25)23-20/h7-9,13H,4-6,10-11H2,1-3H3,(H,22,24)(H,21,23,25)/t13-/m0/s1. The normalized spacial score (nSPS) is 14.6. The highest BCUT2D eigenvalue weighted by Crippen LogP contribution is 2.25. The number of carbonyl (C=O) groups is 1. The van der Waals surface area contributed by atoms with Crippen molar-refractivity contribution >= 4 is 23.4 Å². The van der Waals surface area contributed by atoms with Gasteiger partial charge in [0, 0.05) is 11.3 Å². The fourth-order valence-corrected chi connectivity index (χ4v) is 4.10. The van der Waals surface area contributed by atoms with Gasteiger partial charge in [-0.05, 0) is 57.1 Å². The minimum Gasteiger partial charge on any atom is -0.325 e. The largest absolute Gasteiger partial charge is 0.325 e. The summed E-state index contributed by atoms with van der Waals surface area (Å²) >= 11 is 1.30. The van der Waals surface area contributed by atoms with Gasteiger partial charge in [0.15, 0.2) is 5.16 Å². The first-order valence-corrected chi connectivity index (χ1v) is 10.1. The quantitative estimate of drug-likeness (QED) is 0.622. The van der Waals surface area contributed by atoms with Crippen LogP contribution in [0, 0.1) is 6.92 Å². The van der Waals surface area contributed by atoms with Crippen molar-refractivity contribution in [3.8, 4) is 0 Å². The van der Waals surface area contributed by atoms with E-state index in [1.165, 1.54) is 11.8 Å². The average Bonchev–Trinajstić information content (AvgIpc) is 2.63. The number of nitrogens with zero attached hydrogens (tertiary/aromatic N) is 1. The molecule has 1 aromatic carbocycles. The summed E-state index contributed by atoms with van der Waals surface area (Å²) in [5.41, 5.74) is 4.70. The van der Waals surface area contributed by atoms with E-state index < -0.39 is 0 Å². The molecule has 2 N–H and O–H groups in total. The number of nitrogens with one attached hydrogen (secondary N) is 2. The summed E-state index contributed by atoms with van der Waals surface area (Å²) in [7, 11) is 0. The molecule has 1 aliphatic rings. The highest BCUT2D eigenvalue weighted by Gasteiger charge is 2.20. The van der Waals surface area contributed by atoms with Gasteiger partial charge in [0.1, 0.15) is 0 Å². The van der Waals surface area contributed by atoms with Crippen LogP contribution in [0.4, 0.5) is 5.69 Å². The molecule has 2 aromatic rings. The van der Waals surface area contributed by atoms with Gasteiger partial charge >= 0.3 is 0 Å². The predicted molar refractivity (Wildman–Crippen MR) is 106 cm³/mol. The van der Waals surface area contributed by atoms with Crippen LogP contribution in [-0.4, -0.2) is 21.1 Å². The number of aryl methyl sites for hydroxylation is 3. The molecule has 0 aliphatic heterocycles. The van der Waals surface area contributed by atoms with E-state index in [2.05, 4.69) is 22.2 Å². The zero-order valence-electron chi connectivity index (χ0n) is 15.5. The smallest absolute Gasteiger partial charge is 0.254 e. The second-order valence-corrected chi connectivity index (χ2v) is 8.04. The molecule has 1 heterocycles. The number of rotatable bonds is 5. The molecule has 1 amide bonds. The lowest BCUT2D eigenvalue weighted by Gasteiger charge is -2.17. The van der Waals surface area contributed by atoms with Crippen molar-refractivity contribution in [2.24, 2.45) is 0 Å². The number of carbonyl (C=O) groups excluding carboxylic acids is 1. The van der Waals surface area contributed by atoms with Gasteiger partial charge in [0.05, 0.1) is 10.9 Å². The molecule has 0 fully saturated rings. The molecule has 1 atom stereocenters. The van der Waals surface area contributed by atoms with Gasteiger partial charge in [0.25, 0.3) is 5.56 Å². The van der Waals surface area contributed by atoms with Gasteiger partial charge in [-0.1, -0.05) is 36.9 Å². The van der Waals surface area contributed by atoms with Gasteiger partial charge in [0.2, 0.25) is 5.91 Å². The van der Waals surface area contributed by atoms with Crippen LogP contribution in [0.15, 0.2) is 28.2 Å². The van der Waals surface area contributed by atoms with E-state index in [0.29, 0.717) is 5.16 Å². The Balaban J connectivity index is 1.74. The number of aromatic nitrogens is 2. The first-order valence-electron chi connectivity index (χ1n) is 9.17. The molecule has 0 unspecified atom stereocenters. The fraction of sp³-hybridized carbons (Fsp3) is 0.450. The number of aromatic amines is 1. The second-order valence-electron chi connectivity index (χ2n) is 6.72. The number of anilines is 1. The molecule has 138 valence electrons. The summed E-state index contributed by atoms with van der Waals surface area (Å²) in [4.78, 5) is 32.3. The maximum atomic E-state index is 12.7. The van der Waals surface area contributed by atoms with E-state index in [1.807, 2.05) is 32.0 Å². The molecule has 0 spiro atoms. The first-order chi connectivity index (χ1) is 12.5. The van der Waals surface area contributed by atoms with Gasteiger partial charge in [-0.3, -0.25) is 9.59 Å². The third kappa shape index (κ3) is 4.01. The Morgan fingerprint density at radius 3 is 2.88 bits per heavy atom. The summed E-state index contributed by atoms with van der Waals surface area (Å²) in [6.45, 7) is 5.91. The molecule has 1 aliphatic carbocycles. The number of para-hydroxylation sites is 1. The Kier molecular flexibility index (Phi) is 5.81. The van der Waals surface area contributed by atoms with Crippen molar-refractivity contribution in [2.75, 3.05) is 5.32 Å². The van der Waals surface area contributed by atoms with Crippen LogP contribution in [0.5, 0.6) is 0 Å². The van der Waals surface area contributed by atoms with E-state index in [0.717, 1.165) is 60.2 Å². The highest BCUT2D eigenvalue weighted by atomic mass is 32.2. The van der Waals surface area contributed by atoms with Crippen LogP contribution in [0.25, 0.3) is 0 Å². The lowest BCUT2D eigenvalue weighted by Crippen LogP contribution is -2.26. The minimum atomic E-state index is -0.357. The average molecular weight is 372 g/mol. The van der Waals surface area contributed by atoms with E-state index in [1.54, 1.807) is 0 Å². The number of amides is 1. The van der Waals surface area contributed by atoms with Crippen LogP contribution >= 0.6 is 11.8 Å². The van der Waals surface area contributed by atoms with Gasteiger partial charge in [-0.25, -0.2) is 4.98 Å². The molecule has 0 saturated carbocycles. The lowest BCUT2D eigenvalue weighted by molar-refractivity contribution is -0.115. The van der Waals surface area contributed by atoms with Crippen molar-refractivity contribution in [3.63, 3.8) is 0 Å². The van der Waals surface area contributed by atoms with Crippen LogP contribution in [-0.2, 0) is 24.1 Å². The van der Waals surface area contributed by atoms with Crippen molar-refractivity contribution < 1.29 is 4.79 Å². The summed E-state index contributed by atoms with van der Waals surface area (Å²) in [6.07, 6.45) is 4.61. The summed E-state index contributed by atoms with van der Waals surface area (Å²) < 4.78 is 0. The fourth-order valence-electron chi connectivity index (χ4n) is 3.28.